The Hall–Kier alpha value is -1.25. The fourth-order valence-corrected chi connectivity index (χ4v) is 3.45. The number of benzene rings is 1. The minimum atomic E-state index is -0.422. The van der Waals surface area contributed by atoms with E-state index in [0.29, 0.717) is 20.6 Å². The van der Waals surface area contributed by atoms with Crippen molar-refractivity contribution in [3.8, 4) is 5.88 Å². The number of nitrogens with one attached hydrogen (secondary N) is 2. The summed E-state index contributed by atoms with van der Waals surface area (Å²) in [4.78, 5) is 21.3. The topological polar surface area (TPSA) is 81.2 Å². The zero-order valence-corrected chi connectivity index (χ0v) is 13.1. The highest BCUT2D eigenvalue weighted by Gasteiger charge is 2.24. The van der Waals surface area contributed by atoms with Gasteiger partial charge < -0.3 is 15.1 Å². The third kappa shape index (κ3) is 1.99. The summed E-state index contributed by atoms with van der Waals surface area (Å²) in [6.07, 6.45) is 0. The van der Waals surface area contributed by atoms with Crippen LogP contribution in [0.15, 0.2) is 26.1 Å². The first-order valence-corrected chi connectivity index (χ1v) is 7.11. The molecule has 0 fully saturated rings. The first-order chi connectivity index (χ1) is 8.97. The molecule has 0 saturated carbocycles. The maximum atomic E-state index is 12.0. The Morgan fingerprint density at radius 1 is 1.26 bits per heavy atom. The van der Waals surface area contributed by atoms with Crippen molar-refractivity contribution in [3.63, 3.8) is 0 Å². The van der Waals surface area contributed by atoms with E-state index >= 15 is 0 Å². The second kappa shape index (κ2) is 4.39. The highest BCUT2D eigenvalue weighted by molar-refractivity contribution is 9.11. The fourth-order valence-electron chi connectivity index (χ4n) is 1.94. The largest absolute Gasteiger partial charge is 0.493 e. The number of nitrogens with zero attached hydrogens (tertiary/aromatic N) is 1. The second-order valence-electron chi connectivity index (χ2n) is 3.88. The van der Waals surface area contributed by atoms with Crippen LogP contribution in [-0.2, 0) is 4.79 Å². The predicted octanol–water partition coefficient (Wildman–Crippen LogP) is 1.66. The summed E-state index contributed by atoms with van der Waals surface area (Å²) in [5.74, 6) is -0.596. The van der Waals surface area contributed by atoms with E-state index in [9.17, 15) is 9.90 Å². The SMILES string of the molecule is O=C1N=c2c(Br)cc(Br)cc2=C1c1[nH]c(=S)[nH]c1O. The molecule has 0 atom stereocenters. The van der Waals surface area contributed by atoms with E-state index in [4.69, 9.17) is 12.2 Å². The molecule has 5 nitrogen and oxygen atoms in total. The smallest absolute Gasteiger partial charge is 0.280 e. The molecule has 19 heavy (non-hydrogen) atoms. The van der Waals surface area contributed by atoms with Crippen LogP contribution in [0.4, 0.5) is 0 Å². The Morgan fingerprint density at radius 2 is 2.00 bits per heavy atom. The van der Waals surface area contributed by atoms with Crippen LogP contribution in [0.25, 0.3) is 5.57 Å². The molecule has 1 aliphatic heterocycles. The molecule has 0 spiro atoms. The molecule has 8 heteroatoms. The molecule has 1 aliphatic rings. The normalized spacial score (nSPS) is 13.6. The number of amides is 1. The van der Waals surface area contributed by atoms with Gasteiger partial charge in [-0.25, -0.2) is 4.99 Å². The van der Waals surface area contributed by atoms with Crippen LogP contribution in [0, 0.1) is 4.77 Å². The van der Waals surface area contributed by atoms with E-state index in [1.807, 2.05) is 0 Å². The number of hydrogen-bond acceptors (Lipinski definition) is 3. The minimum Gasteiger partial charge on any atom is -0.493 e. The van der Waals surface area contributed by atoms with Gasteiger partial charge in [0, 0.05) is 14.2 Å². The predicted molar refractivity (Wildman–Crippen MR) is 77.8 cm³/mol. The summed E-state index contributed by atoms with van der Waals surface area (Å²) in [5.41, 5.74) is 0.546. The molecule has 1 aromatic carbocycles. The van der Waals surface area contributed by atoms with E-state index in [-0.39, 0.29) is 16.3 Å². The van der Waals surface area contributed by atoms with Crippen molar-refractivity contribution in [2.45, 2.75) is 0 Å². The van der Waals surface area contributed by atoms with Crippen molar-refractivity contribution in [1.82, 2.24) is 9.97 Å². The standard InChI is InChI=1S/C11H5Br2N3O2S/c12-3-1-4-6(8-10(18)16-11(19)15-8)9(17)14-7(4)5(13)2-3/h1-2,18H,(H2,15,16,19). The van der Waals surface area contributed by atoms with Crippen molar-refractivity contribution in [1.29, 1.82) is 0 Å². The average Bonchev–Trinajstić information content (AvgIpc) is 2.78. The maximum Gasteiger partial charge on any atom is 0.280 e. The van der Waals surface area contributed by atoms with Gasteiger partial charge in [-0.3, -0.25) is 4.79 Å². The van der Waals surface area contributed by atoms with Crippen LogP contribution in [-0.4, -0.2) is 21.0 Å². The summed E-state index contributed by atoms with van der Waals surface area (Å²) < 4.78 is 1.75. The molecule has 0 bridgehead atoms. The summed E-state index contributed by atoms with van der Waals surface area (Å²) in [6, 6.07) is 3.57. The lowest BCUT2D eigenvalue weighted by Crippen LogP contribution is -2.24. The Balaban J connectivity index is 2.49. The number of aromatic hydroxyl groups is 1. The van der Waals surface area contributed by atoms with Crippen LogP contribution in [0.2, 0.25) is 0 Å². The summed E-state index contributed by atoms with van der Waals surface area (Å²) in [5, 5.41) is 11.0. The van der Waals surface area contributed by atoms with E-state index in [1.165, 1.54) is 0 Å². The number of aromatic nitrogens is 2. The molecule has 1 amide bonds. The third-order valence-electron chi connectivity index (χ3n) is 2.68. The van der Waals surface area contributed by atoms with Gasteiger partial charge in [0.2, 0.25) is 5.88 Å². The number of carbonyl (C=O) groups excluding carboxylic acids is 1. The number of hydrogen-bond donors (Lipinski definition) is 3. The van der Waals surface area contributed by atoms with Gasteiger partial charge in [0.05, 0.1) is 10.9 Å². The Bertz CT molecular complexity index is 898. The van der Waals surface area contributed by atoms with Crippen molar-refractivity contribution < 1.29 is 9.90 Å². The zero-order chi connectivity index (χ0) is 13.7. The maximum absolute atomic E-state index is 12.0. The van der Waals surface area contributed by atoms with Crippen LogP contribution in [0.5, 0.6) is 5.88 Å². The molecule has 96 valence electrons. The van der Waals surface area contributed by atoms with E-state index in [2.05, 4.69) is 46.8 Å². The highest BCUT2D eigenvalue weighted by atomic mass is 79.9. The number of imidazole rings is 1. The van der Waals surface area contributed by atoms with Crippen molar-refractivity contribution >= 4 is 55.6 Å². The molecule has 0 aliphatic carbocycles. The van der Waals surface area contributed by atoms with Crippen molar-refractivity contribution in [2.24, 2.45) is 4.99 Å². The summed E-state index contributed by atoms with van der Waals surface area (Å²) in [6.45, 7) is 0. The first kappa shape index (κ1) is 12.8. The van der Waals surface area contributed by atoms with Gasteiger partial charge in [0.15, 0.2) is 4.77 Å². The highest BCUT2D eigenvalue weighted by Crippen LogP contribution is 2.22. The van der Waals surface area contributed by atoms with Crippen LogP contribution >= 0.6 is 44.1 Å². The summed E-state index contributed by atoms with van der Waals surface area (Å²) in [7, 11) is 0. The lowest BCUT2D eigenvalue weighted by atomic mass is 10.1. The molecule has 0 saturated heterocycles. The number of carbonyl (C=O) groups is 1. The van der Waals surface area contributed by atoms with Gasteiger partial charge in [-0.1, -0.05) is 15.9 Å². The Labute approximate surface area is 128 Å². The average molecular weight is 403 g/mol. The van der Waals surface area contributed by atoms with E-state index < -0.39 is 5.91 Å². The van der Waals surface area contributed by atoms with Gasteiger partial charge in [-0.15, -0.1) is 0 Å². The molecule has 2 heterocycles. The number of fused-ring (bicyclic) bond motifs is 1. The molecule has 0 unspecified atom stereocenters. The molecule has 1 aromatic heterocycles. The van der Waals surface area contributed by atoms with E-state index in [1.54, 1.807) is 12.1 Å². The van der Waals surface area contributed by atoms with Crippen LogP contribution in [0.3, 0.4) is 0 Å². The lowest BCUT2D eigenvalue weighted by molar-refractivity contribution is -0.112. The second-order valence-corrected chi connectivity index (χ2v) is 6.06. The number of halogens is 2. The Morgan fingerprint density at radius 3 is 2.63 bits per heavy atom. The lowest BCUT2D eigenvalue weighted by Gasteiger charge is -1.97. The van der Waals surface area contributed by atoms with Crippen LogP contribution < -0.4 is 10.6 Å². The van der Waals surface area contributed by atoms with E-state index in [0.717, 1.165) is 4.47 Å². The van der Waals surface area contributed by atoms with Gasteiger partial charge >= 0.3 is 0 Å². The number of H-pyrrole nitrogens is 2. The number of rotatable bonds is 1. The van der Waals surface area contributed by atoms with Crippen molar-refractivity contribution in [3.05, 3.63) is 42.1 Å². The minimum absolute atomic E-state index is 0.174. The molecular weight excluding hydrogens is 398 g/mol. The Kier molecular flexibility index (Phi) is 2.95. The monoisotopic (exact) mass is 401 g/mol. The zero-order valence-electron chi connectivity index (χ0n) is 9.12. The number of aromatic amines is 2. The molecule has 2 aromatic rings. The third-order valence-corrected chi connectivity index (χ3v) is 3.95. The molecular formula is C11H5Br2N3O2S. The summed E-state index contributed by atoms with van der Waals surface area (Å²) >= 11 is 11.6. The quantitative estimate of drug-likeness (QED) is 0.634. The van der Waals surface area contributed by atoms with Crippen molar-refractivity contribution in [2.75, 3.05) is 0 Å². The van der Waals surface area contributed by atoms with Gasteiger partial charge in [-0.05, 0) is 40.3 Å². The first-order valence-electron chi connectivity index (χ1n) is 5.11. The fraction of sp³-hybridized carbons (Fsp3) is 0. The molecule has 3 rings (SSSR count). The molecule has 0 radical (unpaired) electrons. The molecule has 3 N–H and O–H groups in total. The van der Waals surface area contributed by atoms with Gasteiger partial charge in [0.25, 0.3) is 5.91 Å². The van der Waals surface area contributed by atoms with Crippen LogP contribution in [0.1, 0.15) is 5.69 Å². The van der Waals surface area contributed by atoms with Gasteiger partial charge in [-0.2, -0.15) is 0 Å². The van der Waals surface area contributed by atoms with Gasteiger partial charge in [0.1, 0.15) is 5.69 Å².